The van der Waals surface area contributed by atoms with Gasteiger partial charge in [-0.2, -0.15) is 15.3 Å². The SMILES string of the molecule is N#Cc1ccccc1COc1ccc([C@H]2CC(=O)Nc3ncnn32)cc1Br. The maximum atomic E-state index is 11.9. The molecule has 134 valence electrons. The lowest BCUT2D eigenvalue weighted by Crippen LogP contribution is -2.29. The zero-order valence-corrected chi connectivity index (χ0v) is 15.7. The number of fused-ring (bicyclic) bond motifs is 1. The molecule has 27 heavy (non-hydrogen) atoms. The molecule has 0 spiro atoms. The van der Waals surface area contributed by atoms with Crippen molar-refractivity contribution in [2.24, 2.45) is 0 Å². The summed E-state index contributed by atoms with van der Waals surface area (Å²) in [6, 6.07) is 14.9. The Labute approximate surface area is 163 Å². The lowest BCUT2D eigenvalue weighted by molar-refractivity contribution is -0.117. The van der Waals surface area contributed by atoms with Gasteiger partial charge in [-0.15, -0.1) is 0 Å². The third-order valence-corrected chi connectivity index (χ3v) is 4.98. The first-order valence-corrected chi connectivity index (χ1v) is 9.04. The minimum atomic E-state index is -0.221. The molecule has 1 aliphatic heterocycles. The third kappa shape index (κ3) is 3.41. The largest absolute Gasteiger partial charge is 0.488 e. The predicted molar refractivity (Wildman–Crippen MR) is 101 cm³/mol. The highest BCUT2D eigenvalue weighted by atomic mass is 79.9. The molecule has 1 aliphatic rings. The molecule has 2 aromatic carbocycles. The van der Waals surface area contributed by atoms with Crippen LogP contribution < -0.4 is 10.1 Å². The van der Waals surface area contributed by atoms with E-state index in [9.17, 15) is 10.1 Å². The average molecular weight is 424 g/mol. The van der Waals surface area contributed by atoms with E-state index in [1.54, 1.807) is 10.7 Å². The quantitative estimate of drug-likeness (QED) is 0.693. The summed E-state index contributed by atoms with van der Waals surface area (Å²) in [5.74, 6) is 1.01. The summed E-state index contributed by atoms with van der Waals surface area (Å²) < 4.78 is 8.34. The molecule has 0 unspecified atom stereocenters. The smallest absolute Gasteiger partial charge is 0.229 e. The number of nitrogens with one attached hydrogen (secondary N) is 1. The lowest BCUT2D eigenvalue weighted by atomic mass is 10.0. The van der Waals surface area contributed by atoms with Crippen molar-refractivity contribution in [2.75, 3.05) is 5.32 Å². The van der Waals surface area contributed by atoms with Crippen LogP contribution in [-0.4, -0.2) is 20.7 Å². The van der Waals surface area contributed by atoms with Crippen molar-refractivity contribution in [2.45, 2.75) is 19.1 Å². The lowest BCUT2D eigenvalue weighted by Gasteiger charge is -2.24. The van der Waals surface area contributed by atoms with Crippen LogP contribution in [0.15, 0.2) is 53.3 Å². The van der Waals surface area contributed by atoms with Gasteiger partial charge >= 0.3 is 0 Å². The summed E-state index contributed by atoms with van der Waals surface area (Å²) in [5.41, 5.74) is 2.35. The first-order valence-electron chi connectivity index (χ1n) is 8.25. The summed E-state index contributed by atoms with van der Waals surface area (Å²) >= 11 is 3.53. The average Bonchev–Trinajstić information content (AvgIpc) is 3.15. The number of nitriles is 1. The monoisotopic (exact) mass is 423 g/mol. The molecule has 1 atom stereocenters. The molecule has 8 heteroatoms. The van der Waals surface area contributed by atoms with Crippen LogP contribution in [0, 0.1) is 11.3 Å². The predicted octanol–water partition coefficient (Wildman–Crippen LogP) is 3.42. The normalized spacial score (nSPS) is 15.6. The molecule has 1 N–H and O–H groups in total. The van der Waals surface area contributed by atoms with Gasteiger partial charge in [-0.25, -0.2) is 4.68 Å². The molecule has 1 aromatic heterocycles. The first kappa shape index (κ1) is 17.2. The Morgan fingerprint density at radius 2 is 2.19 bits per heavy atom. The summed E-state index contributed by atoms with van der Waals surface area (Å²) in [7, 11) is 0. The molecule has 4 rings (SSSR count). The van der Waals surface area contributed by atoms with Crippen molar-refractivity contribution in [1.29, 1.82) is 5.26 Å². The van der Waals surface area contributed by atoms with Gasteiger partial charge in [-0.3, -0.25) is 10.1 Å². The van der Waals surface area contributed by atoms with Crippen LogP contribution in [0.5, 0.6) is 5.75 Å². The van der Waals surface area contributed by atoms with E-state index in [-0.39, 0.29) is 11.9 Å². The standard InChI is InChI=1S/C19H14BrN5O2/c20-15-7-12(16-8-18(26)24-19-22-11-23-25(16)19)5-6-17(15)27-10-14-4-2-1-3-13(14)9-21/h1-7,11,16H,8,10H2,(H,22,23,24,26)/t16-/m1/s1. The Bertz CT molecular complexity index is 1060. The number of ether oxygens (including phenoxy) is 1. The zero-order chi connectivity index (χ0) is 18.8. The van der Waals surface area contributed by atoms with E-state index in [0.717, 1.165) is 15.6 Å². The highest BCUT2D eigenvalue weighted by Crippen LogP contribution is 2.34. The molecule has 1 amide bonds. The fourth-order valence-electron chi connectivity index (χ4n) is 3.02. The van der Waals surface area contributed by atoms with Crippen LogP contribution in [0.4, 0.5) is 5.95 Å². The molecule has 7 nitrogen and oxygen atoms in total. The fourth-order valence-corrected chi connectivity index (χ4v) is 3.53. The minimum absolute atomic E-state index is 0.0925. The highest BCUT2D eigenvalue weighted by molar-refractivity contribution is 9.10. The van der Waals surface area contributed by atoms with E-state index in [1.807, 2.05) is 36.4 Å². The van der Waals surface area contributed by atoms with E-state index in [2.05, 4.69) is 37.4 Å². The summed E-state index contributed by atoms with van der Waals surface area (Å²) in [4.78, 5) is 16.0. The number of carbonyl (C=O) groups is 1. The summed E-state index contributed by atoms with van der Waals surface area (Å²) in [6.07, 6.45) is 1.71. The Balaban J connectivity index is 1.56. The molecule has 0 fully saturated rings. The summed E-state index contributed by atoms with van der Waals surface area (Å²) in [5, 5.41) is 16.1. The highest BCUT2D eigenvalue weighted by Gasteiger charge is 2.28. The van der Waals surface area contributed by atoms with Crippen LogP contribution in [-0.2, 0) is 11.4 Å². The Hall–Kier alpha value is -3.18. The van der Waals surface area contributed by atoms with E-state index in [0.29, 0.717) is 30.3 Å². The van der Waals surface area contributed by atoms with Crippen LogP contribution in [0.1, 0.15) is 29.2 Å². The topological polar surface area (TPSA) is 92.8 Å². The van der Waals surface area contributed by atoms with Gasteiger partial charge < -0.3 is 4.74 Å². The van der Waals surface area contributed by atoms with E-state index < -0.39 is 0 Å². The van der Waals surface area contributed by atoms with Crippen molar-refractivity contribution in [3.05, 3.63) is 70.0 Å². The van der Waals surface area contributed by atoms with Crippen LogP contribution >= 0.6 is 15.9 Å². The van der Waals surface area contributed by atoms with Gasteiger partial charge in [0.1, 0.15) is 18.7 Å². The van der Waals surface area contributed by atoms with E-state index >= 15 is 0 Å². The Kier molecular flexibility index (Phi) is 4.60. The second-order valence-corrected chi connectivity index (χ2v) is 6.90. The van der Waals surface area contributed by atoms with E-state index in [4.69, 9.17) is 4.74 Å². The molecule has 0 bridgehead atoms. The Morgan fingerprint density at radius 1 is 1.33 bits per heavy atom. The molecule has 3 aromatic rings. The van der Waals surface area contributed by atoms with Crippen molar-refractivity contribution in [3.8, 4) is 11.8 Å². The minimum Gasteiger partial charge on any atom is -0.488 e. The second kappa shape index (κ2) is 7.21. The van der Waals surface area contributed by atoms with Gasteiger partial charge in [0.25, 0.3) is 0 Å². The number of hydrogen-bond donors (Lipinski definition) is 1. The van der Waals surface area contributed by atoms with Gasteiger partial charge in [-0.05, 0) is 39.7 Å². The Morgan fingerprint density at radius 3 is 3.00 bits per heavy atom. The third-order valence-electron chi connectivity index (χ3n) is 4.36. The summed E-state index contributed by atoms with van der Waals surface area (Å²) in [6.45, 7) is 0.292. The number of nitrogens with zero attached hydrogens (tertiary/aromatic N) is 4. The fraction of sp³-hybridized carbons (Fsp3) is 0.158. The van der Waals surface area contributed by atoms with Crippen LogP contribution in [0.2, 0.25) is 0 Å². The van der Waals surface area contributed by atoms with E-state index in [1.165, 1.54) is 6.33 Å². The molecular formula is C19H14BrN5O2. The van der Waals surface area contributed by atoms with Gasteiger partial charge in [-0.1, -0.05) is 24.3 Å². The zero-order valence-electron chi connectivity index (χ0n) is 14.1. The molecule has 0 radical (unpaired) electrons. The number of halogens is 1. The number of aromatic nitrogens is 3. The molecule has 2 heterocycles. The number of amides is 1. The van der Waals surface area contributed by atoms with Gasteiger partial charge in [0.05, 0.1) is 28.6 Å². The second-order valence-electron chi connectivity index (χ2n) is 6.04. The number of rotatable bonds is 4. The van der Waals surface area contributed by atoms with Crippen molar-refractivity contribution >= 4 is 27.8 Å². The maximum Gasteiger partial charge on any atom is 0.229 e. The van der Waals surface area contributed by atoms with Crippen molar-refractivity contribution < 1.29 is 9.53 Å². The molecule has 0 aliphatic carbocycles. The number of carbonyl (C=O) groups excluding carboxylic acids is 1. The first-order chi connectivity index (χ1) is 13.2. The van der Waals surface area contributed by atoms with Crippen molar-refractivity contribution in [1.82, 2.24) is 14.8 Å². The maximum absolute atomic E-state index is 11.9. The number of anilines is 1. The molecular weight excluding hydrogens is 410 g/mol. The number of benzene rings is 2. The van der Waals surface area contributed by atoms with Crippen molar-refractivity contribution in [3.63, 3.8) is 0 Å². The van der Waals surface area contributed by atoms with Gasteiger partial charge in [0, 0.05) is 5.56 Å². The molecule has 0 saturated carbocycles. The number of hydrogen-bond acceptors (Lipinski definition) is 5. The van der Waals surface area contributed by atoms with Gasteiger partial charge in [0.2, 0.25) is 11.9 Å². The van der Waals surface area contributed by atoms with Crippen LogP contribution in [0.25, 0.3) is 0 Å². The van der Waals surface area contributed by atoms with Gasteiger partial charge in [0.15, 0.2) is 0 Å². The van der Waals surface area contributed by atoms with Crippen LogP contribution in [0.3, 0.4) is 0 Å². The molecule has 0 saturated heterocycles.